The van der Waals surface area contributed by atoms with E-state index >= 15 is 0 Å². The minimum atomic E-state index is 0.0127. The largest absolute Gasteiger partial charge is 0.339 e. The molecule has 0 saturated carbocycles. The van der Waals surface area contributed by atoms with Gasteiger partial charge in [-0.2, -0.15) is 4.98 Å². The van der Waals surface area contributed by atoms with Gasteiger partial charge in [0.2, 0.25) is 5.89 Å². The van der Waals surface area contributed by atoms with Crippen molar-refractivity contribution in [2.75, 3.05) is 13.1 Å². The lowest BCUT2D eigenvalue weighted by atomic mass is 10.00. The summed E-state index contributed by atoms with van der Waals surface area (Å²) < 4.78 is 7.36. The van der Waals surface area contributed by atoms with Gasteiger partial charge in [0.05, 0.1) is 11.6 Å². The highest BCUT2D eigenvalue weighted by Gasteiger charge is 2.37. The molecule has 0 spiro atoms. The molecule has 146 valence electrons. The van der Waals surface area contributed by atoms with E-state index in [2.05, 4.69) is 15.1 Å². The summed E-state index contributed by atoms with van der Waals surface area (Å²) in [7, 11) is 0. The number of amides is 1. The van der Waals surface area contributed by atoms with E-state index < -0.39 is 0 Å². The van der Waals surface area contributed by atoms with Crippen LogP contribution in [-0.2, 0) is 6.42 Å². The molecule has 1 aromatic carbocycles. The normalized spacial score (nSPS) is 14.2. The predicted molar refractivity (Wildman–Crippen MR) is 108 cm³/mol. The summed E-state index contributed by atoms with van der Waals surface area (Å²) >= 11 is 1.41. The van der Waals surface area contributed by atoms with Crippen LogP contribution in [0.3, 0.4) is 0 Å². The van der Waals surface area contributed by atoms with Crippen LogP contribution in [0.2, 0.25) is 0 Å². The molecule has 4 aromatic rings. The Morgan fingerprint density at radius 2 is 1.90 bits per heavy atom. The van der Waals surface area contributed by atoms with E-state index in [4.69, 9.17) is 4.52 Å². The maximum atomic E-state index is 12.9. The first kappa shape index (κ1) is 17.8. The molecule has 3 aromatic heterocycles. The van der Waals surface area contributed by atoms with Crippen LogP contribution >= 0.6 is 11.3 Å². The van der Waals surface area contributed by atoms with Crippen LogP contribution in [0, 0.1) is 6.92 Å². The standard InChI is InChI=1S/C21H19N5O2S/c1-14-18(29-21(22-14)25-9-5-6-10-25)20(27)26-12-16(13-26)19-23-17(24-28-19)11-15-7-3-2-4-8-15/h2-10,16H,11-13H2,1H3. The van der Waals surface area contributed by atoms with Crippen molar-refractivity contribution in [3.63, 3.8) is 0 Å². The highest BCUT2D eigenvalue weighted by molar-refractivity contribution is 7.16. The van der Waals surface area contributed by atoms with E-state index in [1.807, 2.05) is 71.2 Å². The van der Waals surface area contributed by atoms with E-state index in [1.165, 1.54) is 11.3 Å². The van der Waals surface area contributed by atoms with Gasteiger partial charge in [-0.1, -0.05) is 46.8 Å². The minimum absolute atomic E-state index is 0.0127. The van der Waals surface area contributed by atoms with Crippen molar-refractivity contribution in [2.45, 2.75) is 19.3 Å². The lowest BCUT2D eigenvalue weighted by molar-refractivity contribution is 0.0573. The van der Waals surface area contributed by atoms with Crippen LogP contribution in [0.4, 0.5) is 0 Å². The van der Waals surface area contributed by atoms with Gasteiger partial charge in [-0.25, -0.2) is 4.98 Å². The fourth-order valence-electron chi connectivity index (χ4n) is 3.38. The summed E-state index contributed by atoms with van der Waals surface area (Å²) in [6.07, 6.45) is 4.49. The number of aryl methyl sites for hydroxylation is 1. The van der Waals surface area contributed by atoms with Crippen molar-refractivity contribution >= 4 is 17.2 Å². The van der Waals surface area contributed by atoms with Crippen LogP contribution in [-0.4, -0.2) is 43.6 Å². The lowest BCUT2D eigenvalue weighted by Gasteiger charge is -2.36. The molecule has 1 saturated heterocycles. The van der Waals surface area contributed by atoms with Crippen molar-refractivity contribution < 1.29 is 9.32 Å². The van der Waals surface area contributed by atoms with Crippen LogP contribution in [0.5, 0.6) is 0 Å². The van der Waals surface area contributed by atoms with Gasteiger partial charge in [0.15, 0.2) is 11.0 Å². The quantitative estimate of drug-likeness (QED) is 0.508. The first-order valence-electron chi connectivity index (χ1n) is 9.44. The molecule has 0 unspecified atom stereocenters. The summed E-state index contributed by atoms with van der Waals surface area (Å²) in [4.78, 5) is 24.4. The Hall–Kier alpha value is -3.26. The van der Waals surface area contributed by atoms with E-state index in [1.54, 1.807) is 0 Å². The second-order valence-corrected chi connectivity index (χ2v) is 8.10. The Morgan fingerprint density at radius 1 is 1.14 bits per heavy atom. The summed E-state index contributed by atoms with van der Waals surface area (Å²) in [5.74, 6) is 1.38. The summed E-state index contributed by atoms with van der Waals surface area (Å²) in [5.41, 5.74) is 1.90. The Bertz CT molecular complexity index is 1130. The smallest absolute Gasteiger partial charge is 0.265 e. The number of hydrogen-bond donors (Lipinski definition) is 0. The minimum Gasteiger partial charge on any atom is -0.339 e. The van der Waals surface area contributed by atoms with Gasteiger partial charge < -0.3 is 14.0 Å². The van der Waals surface area contributed by atoms with Gasteiger partial charge in [0.1, 0.15) is 4.88 Å². The maximum Gasteiger partial charge on any atom is 0.265 e. The molecule has 0 bridgehead atoms. The molecule has 5 rings (SSSR count). The van der Waals surface area contributed by atoms with Crippen LogP contribution < -0.4 is 0 Å². The second-order valence-electron chi connectivity index (χ2n) is 7.12. The highest BCUT2D eigenvalue weighted by Crippen LogP contribution is 2.30. The average molecular weight is 405 g/mol. The Labute approximate surface area is 171 Å². The van der Waals surface area contributed by atoms with Crippen molar-refractivity contribution in [1.29, 1.82) is 0 Å². The molecule has 0 radical (unpaired) electrons. The molecule has 1 amide bonds. The predicted octanol–water partition coefficient (Wildman–Crippen LogP) is 3.46. The summed E-state index contributed by atoms with van der Waals surface area (Å²) in [6, 6.07) is 13.9. The molecule has 0 aliphatic carbocycles. The van der Waals surface area contributed by atoms with Crippen molar-refractivity contribution in [2.24, 2.45) is 0 Å². The van der Waals surface area contributed by atoms with Crippen molar-refractivity contribution in [1.82, 2.24) is 24.6 Å². The zero-order chi connectivity index (χ0) is 19.8. The number of nitrogens with zero attached hydrogens (tertiary/aromatic N) is 5. The third-order valence-electron chi connectivity index (χ3n) is 5.01. The summed E-state index contributed by atoms with van der Waals surface area (Å²) in [5, 5.41) is 4.89. The fraction of sp³-hybridized carbons (Fsp3) is 0.238. The monoisotopic (exact) mass is 405 g/mol. The molecule has 7 nitrogen and oxygen atoms in total. The van der Waals surface area contributed by atoms with Gasteiger partial charge in [-0.15, -0.1) is 0 Å². The average Bonchev–Trinajstić information content (AvgIpc) is 3.42. The number of aromatic nitrogens is 4. The van der Waals surface area contributed by atoms with E-state index in [-0.39, 0.29) is 11.8 Å². The first-order chi connectivity index (χ1) is 14.2. The van der Waals surface area contributed by atoms with Gasteiger partial charge >= 0.3 is 0 Å². The van der Waals surface area contributed by atoms with Crippen LogP contribution in [0.25, 0.3) is 5.13 Å². The van der Waals surface area contributed by atoms with E-state index in [0.29, 0.717) is 36.1 Å². The van der Waals surface area contributed by atoms with Crippen LogP contribution in [0.1, 0.15) is 38.6 Å². The number of rotatable bonds is 5. The molecule has 1 fully saturated rings. The Balaban J connectivity index is 1.23. The number of thiazole rings is 1. The fourth-order valence-corrected chi connectivity index (χ4v) is 4.38. The lowest BCUT2D eigenvalue weighted by Crippen LogP contribution is -2.48. The molecule has 29 heavy (non-hydrogen) atoms. The topological polar surface area (TPSA) is 77.1 Å². The molecule has 0 atom stereocenters. The Kier molecular flexibility index (Phi) is 4.48. The highest BCUT2D eigenvalue weighted by atomic mass is 32.1. The molecule has 4 heterocycles. The second kappa shape index (κ2) is 7.29. The van der Waals surface area contributed by atoms with Gasteiger partial charge in [-0.05, 0) is 24.6 Å². The number of carbonyl (C=O) groups is 1. The first-order valence-corrected chi connectivity index (χ1v) is 10.3. The third-order valence-corrected chi connectivity index (χ3v) is 6.17. The molecule has 0 N–H and O–H groups in total. The zero-order valence-electron chi connectivity index (χ0n) is 15.9. The number of carbonyl (C=O) groups excluding carboxylic acids is 1. The number of likely N-dealkylation sites (tertiary alicyclic amines) is 1. The number of hydrogen-bond acceptors (Lipinski definition) is 6. The van der Waals surface area contributed by atoms with E-state index in [0.717, 1.165) is 16.4 Å². The van der Waals surface area contributed by atoms with Crippen molar-refractivity contribution in [3.05, 3.63) is 82.7 Å². The van der Waals surface area contributed by atoms with Gasteiger partial charge in [0, 0.05) is 31.9 Å². The van der Waals surface area contributed by atoms with Crippen molar-refractivity contribution in [3.8, 4) is 5.13 Å². The Morgan fingerprint density at radius 3 is 2.66 bits per heavy atom. The molecular weight excluding hydrogens is 386 g/mol. The zero-order valence-corrected chi connectivity index (χ0v) is 16.7. The van der Waals surface area contributed by atoms with Crippen LogP contribution in [0.15, 0.2) is 59.4 Å². The number of benzene rings is 1. The third kappa shape index (κ3) is 3.47. The van der Waals surface area contributed by atoms with Gasteiger partial charge in [0.25, 0.3) is 5.91 Å². The maximum absolute atomic E-state index is 12.9. The molecule has 8 heteroatoms. The SMILES string of the molecule is Cc1nc(-n2cccc2)sc1C(=O)N1CC(c2nc(Cc3ccccc3)no2)C1. The molecule has 1 aliphatic rings. The van der Waals surface area contributed by atoms with Gasteiger partial charge in [-0.3, -0.25) is 4.79 Å². The summed E-state index contributed by atoms with van der Waals surface area (Å²) in [6.45, 7) is 3.05. The molecular formula is C21H19N5O2S. The molecule has 1 aliphatic heterocycles. The van der Waals surface area contributed by atoms with E-state index in [9.17, 15) is 4.79 Å².